The number of hydrogen-bond acceptors (Lipinski definition) is 3. The molecule has 60 valence electrons. The van der Waals surface area contributed by atoms with Gasteiger partial charge >= 0.3 is 0 Å². The quantitative estimate of drug-likeness (QED) is 0.584. The zero-order chi connectivity index (χ0) is 7.98. The van der Waals surface area contributed by atoms with Crippen LogP contribution in [0.3, 0.4) is 0 Å². The van der Waals surface area contributed by atoms with E-state index in [2.05, 4.69) is 4.90 Å². The fourth-order valence-corrected chi connectivity index (χ4v) is 0.695. The zero-order valence-electron chi connectivity index (χ0n) is 6.76. The first-order chi connectivity index (χ1) is 4.66. The molecule has 0 bridgehead atoms. The SMILES string of the molecule is CN(C)CCCC(=O)CN. The van der Waals surface area contributed by atoms with Gasteiger partial charge in [-0.1, -0.05) is 0 Å². The van der Waals surface area contributed by atoms with Gasteiger partial charge in [-0.25, -0.2) is 0 Å². The van der Waals surface area contributed by atoms with Crippen LogP contribution in [-0.2, 0) is 4.79 Å². The lowest BCUT2D eigenvalue weighted by atomic mass is 10.2. The highest BCUT2D eigenvalue weighted by molar-refractivity contribution is 5.80. The molecule has 0 radical (unpaired) electrons. The maximum atomic E-state index is 10.6. The summed E-state index contributed by atoms with van der Waals surface area (Å²) in [7, 11) is 3.99. The van der Waals surface area contributed by atoms with Gasteiger partial charge in [-0.15, -0.1) is 0 Å². The third-order valence-corrected chi connectivity index (χ3v) is 1.29. The smallest absolute Gasteiger partial charge is 0.146 e. The second-order valence-electron chi connectivity index (χ2n) is 2.65. The molecule has 0 aliphatic carbocycles. The van der Waals surface area contributed by atoms with Crippen molar-refractivity contribution in [2.75, 3.05) is 27.2 Å². The minimum absolute atomic E-state index is 0.154. The molecule has 0 aromatic rings. The van der Waals surface area contributed by atoms with Crippen molar-refractivity contribution in [3.05, 3.63) is 0 Å². The topological polar surface area (TPSA) is 46.3 Å². The molecule has 3 heteroatoms. The Balaban J connectivity index is 3.12. The summed E-state index contributed by atoms with van der Waals surface area (Å²) in [6.45, 7) is 1.15. The lowest BCUT2D eigenvalue weighted by Gasteiger charge is -2.07. The summed E-state index contributed by atoms with van der Waals surface area (Å²) in [5.74, 6) is 0.154. The highest BCUT2D eigenvalue weighted by Gasteiger charge is 1.97. The Kier molecular flexibility index (Phi) is 5.16. The molecule has 0 aliphatic heterocycles. The van der Waals surface area contributed by atoms with E-state index >= 15 is 0 Å². The van der Waals surface area contributed by atoms with E-state index in [1.165, 1.54) is 0 Å². The summed E-state index contributed by atoms with van der Waals surface area (Å²) in [5, 5.41) is 0. The minimum atomic E-state index is 0.154. The monoisotopic (exact) mass is 144 g/mol. The Labute approximate surface area is 62.2 Å². The summed E-state index contributed by atoms with van der Waals surface area (Å²) in [5.41, 5.74) is 5.13. The molecule has 10 heavy (non-hydrogen) atoms. The molecule has 0 amide bonds. The van der Waals surface area contributed by atoms with Gasteiger partial charge in [0, 0.05) is 6.42 Å². The van der Waals surface area contributed by atoms with Crippen molar-refractivity contribution in [3.63, 3.8) is 0 Å². The molecule has 0 spiro atoms. The maximum Gasteiger partial charge on any atom is 0.146 e. The van der Waals surface area contributed by atoms with Gasteiger partial charge in [0.2, 0.25) is 0 Å². The van der Waals surface area contributed by atoms with Crippen molar-refractivity contribution in [1.82, 2.24) is 4.90 Å². The van der Waals surface area contributed by atoms with Gasteiger partial charge in [-0.2, -0.15) is 0 Å². The summed E-state index contributed by atoms with van der Waals surface area (Å²) in [6, 6.07) is 0. The predicted octanol–water partition coefficient (Wildman–Crippen LogP) is -0.144. The number of nitrogens with two attached hydrogens (primary N) is 1. The molecular formula is C7H16N2O. The van der Waals surface area contributed by atoms with Crippen molar-refractivity contribution in [1.29, 1.82) is 0 Å². The predicted molar refractivity (Wildman–Crippen MR) is 41.8 cm³/mol. The van der Waals surface area contributed by atoms with Crippen LogP contribution in [-0.4, -0.2) is 37.9 Å². The van der Waals surface area contributed by atoms with E-state index < -0.39 is 0 Å². The van der Waals surface area contributed by atoms with Crippen LogP contribution in [0, 0.1) is 0 Å². The van der Waals surface area contributed by atoms with Crippen molar-refractivity contribution >= 4 is 5.78 Å². The van der Waals surface area contributed by atoms with E-state index in [-0.39, 0.29) is 12.3 Å². The standard InChI is InChI=1S/C7H16N2O/c1-9(2)5-3-4-7(10)6-8/h3-6,8H2,1-2H3. The summed E-state index contributed by atoms with van der Waals surface area (Å²) < 4.78 is 0. The fourth-order valence-electron chi connectivity index (χ4n) is 0.695. The zero-order valence-corrected chi connectivity index (χ0v) is 6.76. The summed E-state index contributed by atoms with van der Waals surface area (Å²) in [6.07, 6.45) is 1.54. The van der Waals surface area contributed by atoms with Crippen LogP contribution in [0.15, 0.2) is 0 Å². The number of rotatable bonds is 5. The molecule has 0 unspecified atom stereocenters. The Morgan fingerprint density at radius 3 is 2.50 bits per heavy atom. The van der Waals surface area contributed by atoms with E-state index in [4.69, 9.17) is 5.73 Å². The molecule has 0 aromatic carbocycles. The number of Topliss-reactive ketones (excluding diaryl/α,β-unsaturated/α-hetero) is 1. The highest BCUT2D eigenvalue weighted by atomic mass is 16.1. The van der Waals surface area contributed by atoms with Crippen LogP contribution in [0.1, 0.15) is 12.8 Å². The Morgan fingerprint density at radius 1 is 1.50 bits per heavy atom. The van der Waals surface area contributed by atoms with Crippen molar-refractivity contribution in [2.24, 2.45) is 5.73 Å². The van der Waals surface area contributed by atoms with Gasteiger partial charge in [0.1, 0.15) is 5.78 Å². The molecule has 0 saturated carbocycles. The minimum Gasteiger partial charge on any atom is -0.324 e. The number of hydrogen-bond donors (Lipinski definition) is 1. The van der Waals surface area contributed by atoms with Crippen molar-refractivity contribution < 1.29 is 4.79 Å². The van der Waals surface area contributed by atoms with Crippen LogP contribution < -0.4 is 5.73 Å². The van der Waals surface area contributed by atoms with Crippen molar-refractivity contribution in [2.45, 2.75) is 12.8 Å². The molecule has 0 heterocycles. The Morgan fingerprint density at radius 2 is 2.10 bits per heavy atom. The van der Waals surface area contributed by atoms with Crippen LogP contribution >= 0.6 is 0 Å². The molecule has 0 rings (SSSR count). The number of ketones is 1. The number of nitrogens with zero attached hydrogens (tertiary/aromatic N) is 1. The first-order valence-corrected chi connectivity index (χ1v) is 3.53. The van der Waals surface area contributed by atoms with Gasteiger partial charge in [0.25, 0.3) is 0 Å². The van der Waals surface area contributed by atoms with Crippen LogP contribution in [0.4, 0.5) is 0 Å². The van der Waals surface area contributed by atoms with E-state index in [0.717, 1.165) is 13.0 Å². The largest absolute Gasteiger partial charge is 0.324 e. The van der Waals surface area contributed by atoms with E-state index in [1.807, 2.05) is 14.1 Å². The second-order valence-corrected chi connectivity index (χ2v) is 2.65. The van der Waals surface area contributed by atoms with Gasteiger partial charge in [-0.3, -0.25) is 4.79 Å². The van der Waals surface area contributed by atoms with E-state index in [9.17, 15) is 4.79 Å². The number of carbonyl (C=O) groups is 1. The van der Waals surface area contributed by atoms with E-state index in [1.54, 1.807) is 0 Å². The molecule has 0 saturated heterocycles. The van der Waals surface area contributed by atoms with Crippen LogP contribution in [0.25, 0.3) is 0 Å². The normalized spacial score (nSPS) is 10.4. The average Bonchev–Trinajstić information content (AvgIpc) is 1.87. The molecule has 2 N–H and O–H groups in total. The van der Waals surface area contributed by atoms with Gasteiger partial charge in [-0.05, 0) is 27.1 Å². The second kappa shape index (κ2) is 5.38. The molecular weight excluding hydrogens is 128 g/mol. The van der Waals surface area contributed by atoms with Gasteiger partial charge in [0.15, 0.2) is 0 Å². The molecule has 0 aliphatic rings. The maximum absolute atomic E-state index is 10.6. The molecule has 0 aromatic heterocycles. The van der Waals surface area contributed by atoms with E-state index in [0.29, 0.717) is 6.42 Å². The van der Waals surface area contributed by atoms with Crippen LogP contribution in [0.2, 0.25) is 0 Å². The lowest BCUT2D eigenvalue weighted by Crippen LogP contribution is -2.17. The summed E-state index contributed by atoms with van der Waals surface area (Å²) >= 11 is 0. The third-order valence-electron chi connectivity index (χ3n) is 1.29. The van der Waals surface area contributed by atoms with Crippen molar-refractivity contribution in [3.8, 4) is 0 Å². The van der Waals surface area contributed by atoms with Crippen LogP contribution in [0.5, 0.6) is 0 Å². The lowest BCUT2D eigenvalue weighted by molar-refractivity contribution is -0.117. The molecule has 3 nitrogen and oxygen atoms in total. The average molecular weight is 144 g/mol. The number of carbonyl (C=O) groups excluding carboxylic acids is 1. The molecule has 0 fully saturated rings. The first-order valence-electron chi connectivity index (χ1n) is 3.53. The van der Waals surface area contributed by atoms with Gasteiger partial charge < -0.3 is 10.6 Å². The highest BCUT2D eigenvalue weighted by Crippen LogP contribution is 1.90. The molecule has 0 atom stereocenters. The first kappa shape index (κ1) is 9.59. The Hall–Kier alpha value is -0.410. The van der Waals surface area contributed by atoms with Gasteiger partial charge in [0.05, 0.1) is 6.54 Å². The summed E-state index contributed by atoms with van der Waals surface area (Å²) in [4.78, 5) is 12.7. The fraction of sp³-hybridized carbons (Fsp3) is 0.857. The Bertz CT molecular complexity index is 102. The third kappa shape index (κ3) is 5.72.